The molecule has 0 bridgehead atoms. The molecule has 17 heavy (non-hydrogen) atoms. The predicted octanol–water partition coefficient (Wildman–Crippen LogP) is -0.0514. The van der Waals surface area contributed by atoms with Crippen molar-refractivity contribution in [2.24, 2.45) is 5.73 Å². The number of piperidine rings is 1. The summed E-state index contributed by atoms with van der Waals surface area (Å²) in [4.78, 5) is 27.2. The molecule has 0 aromatic heterocycles. The van der Waals surface area contributed by atoms with Gasteiger partial charge in [-0.2, -0.15) is 0 Å². The number of rotatable bonds is 3. The van der Waals surface area contributed by atoms with E-state index in [2.05, 4.69) is 0 Å². The molecule has 2 N–H and O–H groups in total. The van der Waals surface area contributed by atoms with E-state index in [1.165, 1.54) is 0 Å². The molecule has 2 aliphatic rings. The summed E-state index contributed by atoms with van der Waals surface area (Å²) < 4.78 is 0. The van der Waals surface area contributed by atoms with Gasteiger partial charge in [0.2, 0.25) is 11.8 Å². The fraction of sp³-hybridized carbons (Fsp3) is 0.833. The Morgan fingerprint density at radius 1 is 1.29 bits per heavy atom. The highest BCUT2D eigenvalue weighted by atomic mass is 16.2. The van der Waals surface area contributed by atoms with Crippen LogP contribution in [0.1, 0.15) is 32.1 Å². The molecule has 2 amide bonds. The number of carbonyl (C=O) groups is 2. The van der Waals surface area contributed by atoms with Gasteiger partial charge in [-0.1, -0.05) is 0 Å². The Balaban J connectivity index is 1.91. The third kappa shape index (κ3) is 2.77. The lowest BCUT2D eigenvalue weighted by atomic mass is 10.0. The highest BCUT2D eigenvalue weighted by molar-refractivity contribution is 5.86. The lowest BCUT2D eigenvalue weighted by Gasteiger charge is -2.36. The molecule has 2 heterocycles. The van der Waals surface area contributed by atoms with Crippen molar-refractivity contribution in [2.45, 2.75) is 38.1 Å². The first-order chi connectivity index (χ1) is 8.22. The predicted molar refractivity (Wildman–Crippen MR) is 64.2 cm³/mol. The van der Waals surface area contributed by atoms with Crippen molar-refractivity contribution in [3.63, 3.8) is 0 Å². The summed E-state index contributed by atoms with van der Waals surface area (Å²) in [5.41, 5.74) is 5.69. The summed E-state index contributed by atoms with van der Waals surface area (Å²) in [6, 6.07) is 0.175. The molecular weight excluding hydrogens is 218 g/mol. The van der Waals surface area contributed by atoms with Crippen molar-refractivity contribution in [3.8, 4) is 0 Å². The average Bonchev–Trinajstić information content (AvgIpc) is 2.75. The molecule has 0 aliphatic carbocycles. The highest BCUT2D eigenvalue weighted by Gasteiger charge is 2.29. The zero-order chi connectivity index (χ0) is 12.3. The van der Waals surface area contributed by atoms with Gasteiger partial charge in [-0.15, -0.1) is 0 Å². The second-order valence-electron chi connectivity index (χ2n) is 4.89. The van der Waals surface area contributed by atoms with Gasteiger partial charge in [0.15, 0.2) is 0 Å². The molecular formula is C12H21N3O2. The Labute approximate surface area is 102 Å². The van der Waals surface area contributed by atoms with Gasteiger partial charge in [0.25, 0.3) is 0 Å². The van der Waals surface area contributed by atoms with E-state index < -0.39 is 0 Å². The lowest BCUT2D eigenvalue weighted by Crippen LogP contribution is -2.50. The molecule has 0 aromatic rings. The molecule has 0 saturated carbocycles. The molecule has 96 valence electrons. The number of carbonyl (C=O) groups excluding carboxylic acids is 2. The van der Waals surface area contributed by atoms with Crippen LogP contribution in [0.15, 0.2) is 0 Å². The first-order valence-electron chi connectivity index (χ1n) is 6.49. The summed E-state index contributed by atoms with van der Waals surface area (Å²) in [6.07, 6.45) is 4.67. The van der Waals surface area contributed by atoms with E-state index >= 15 is 0 Å². The van der Waals surface area contributed by atoms with Gasteiger partial charge in [0.05, 0.1) is 6.54 Å². The fourth-order valence-electron chi connectivity index (χ4n) is 2.70. The van der Waals surface area contributed by atoms with E-state index in [1.54, 1.807) is 4.90 Å². The van der Waals surface area contributed by atoms with Crippen molar-refractivity contribution >= 4 is 11.8 Å². The summed E-state index contributed by atoms with van der Waals surface area (Å²) in [5, 5.41) is 0. The minimum Gasteiger partial charge on any atom is -0.337 e. The smallest absolute Gasteiger partial charge is 0.242 e. The molecule has 2 rings (SSSR count). The van der Waals surface area contributed by atoms with E-state index in [0.29, 0.717) is 13.0 Å². The van der Waals surface area contributed by atoms with Gasteiger partial charge in [0.1, 0.15) is 0 Å². The van der Waals surface area contributed by atoms with E-state index in [0.717, 1.165) is 38.8 Å². The van der Waals surface area contributed by atoms with Crippen LogP contribution in [0.5, 0.6) is 0 Å². The Kier molecular flexibility index (Phi) is 3.99. The number of hydrogen-bond acceptors (Lipinski definition) is 3. The van der Waals surface area contributed by atoms with Gasteiger partial charge in [0, 0.05) is 32.1 Å². The Hall–Kier alpha value is -1.10. The molecule has 2 saturated heterocycles. The number of amides is 2. The van der Waals surface area contributed by atoms with Gasteiger partial charge >= 0.3 is 0 Å². The molecule has 0 radical (unpaired) electrons. The van der Waals surface area contributed by atoms with Crippen LogP contribution in [0.25, 0.3) is 0 Å². The van der Waals surface area contributed by atoms with Crippen LogP contribution in [0.3, 0.4) is 0 Å². The van der Waals surface area contributed by atoms with Crippen molar-refractivity contribution < 1.29 is 9.59 Å². The number of likely N-dealkylation sites (tertiary alicyclic amines) is 2. The third-order valence-corrected chi connectivity index (χ3v) is 3.72. The van der Waals surface area contributed by atoms with Crippen molar-refractivity contribution in [1.29, 1.82) is 0 Å². The summed E-state index contributed by atoms with van der Waals surface area (Å²) in [5.74, 6) is 0.176. The van der Waals surface area contributed by atoms with Crippen LogP contribution in [-0.4, -0.2) is 53.8 Å². The molecule has 0 aromatic carbocycles. The van der Waals surface area contributed by atoms with Crippen molar-refractivity contribution in [3.05, 3.63) is 0 Å². The minimum absolute atomic E-state index is 0.0652. The van der Waals surface area contributed by atoms with Crippen LogP contribution in [0.4, 0.5) is 0 Å². The Morgan fingerprint density at radius 2 is 2.12 bits per heavy atom. The monoisotopic (exact) mass is 239 g/mol. The molecule has 2 aliphatic heterocycles. The van der Waals surface area contributed by atoms with Crippen LogP contribution in [0, 0.1) is 0 Å². The van der Waals surface area contributed by atoms with Crippen LogP contribution in [-0.2, 0) is 9.59 Å². The molecule has 5 nitrogen and oxygen atoms in total. The number of nitrogens with two attached hydrogens (primary N) is 1. The average molecular weight is 239 g/mol. The maximum Gasteiger partial charge on any atom is 0.242 e. The normalized spacial score (nSPS) is 25.5. The number of nitrogens with zero attached hydrogens (tertiary/aromatic N) is 2. The summed E-state index contributed by atoms with van der Waals surface area (Å²) in [7, 11) is 0. The highest BCUT2D eigenvalue weighted by Crippen LogP contribution is 2.17. The minimum atomic E-state index is 0.0652. The zero-order valence-electron chi connectivity index (χ0n) is 10.2. The van der Waals surface area contributed by atoms with Crippen molar-refractivity contribution in [1.82, 2.24) is 9.80 Å². The quantitative estimate of drug-likeness (QED) is 0.751. The maximum atomic E-state index is 12.1. The molecule has 1 atom stereocenters. The zero-order valence-corrected chi connectivity index (χ0v) is 10.2. The SMILES string of the molecule is NCC1CCCCN1C(=O)CN1CCCC1=O. The van der Waals surface area contributed by atoms with Crippen LogP contribution in [0.2, 0.25) is 0 Å². The Bertz CT molecular complexity index is 306. The molecule has 2 fully saturated rings. The van der Waals surface area contributed by atoms with E-state index in [-0.39, 0.29) is 24.4 Å². The van der Waals surface area contributed by atoms with E-state index in [4.69, 9.17) is 5.73 Å². The largest absolute Gasteiger partial charge is 0.337 e. The van der Waals surface area contributed by atoms with Gasteiger partial charge in [-0.05, 0) is 25.7 Å². The topological polar surface area (TPSA) is 66.6 Å². The van der Waals surface area contributed by atoms with E-state index in [9.17, 15) is 9.59 Å². The third-order valence-electron chi connectivity index (χ3n) is 3.72. The number of hydrogen-bond donors (Lipinski definition) is 1. The molecule has 0 spiro atoms. The van der Waals surface area contributed by atoms with Gasteiger partial charge in [-0.3, -0.25) is 9.59 Å². The summed E-state index contributed by atoms with van der Waals surface area (Å²) in [6.45, 7) is 2.30. The van der Waals surface area contributed by atoms with Gasteiger partial charge < -0.3 is 15.5 Å². The molecule has 1 unspecified atom stereocenters. The van der Waals surface area contributed by atoms with Crippen LogP contribution < -0.4 is 5.73 Å². The lowest BCUT2D eigenvalue weighted by molar-refractivity contribution is -0.140. The first-order valence-corrected chi connectivity index (χ1v) is 6.49. The van der Waals surface area contributed by atoms with E-state index in [1.807, 2.05) is 4.90 Å². The Morgan fingerprint density at radius 3 is 2.76 bits per heavy atom. The fourth-order valence-corrected chi connectivity index (χ4v) is 2.70. The molecule has 5 heteroatoms. The standard InChI is InChI=1S/C12H21N3O2/c13-8-10-4-1-2-7-15(10)12(17)9-14-6-3-5-11(14)16/h10H,1-9,13H2. The summed E-state index contributed by atoms with van der Waals surface area (Å²) >= 11 is 0. The second-order valence-corrected chi connectivity index (χ2v) is 4.89. The first kappa shape index (κ1) is 12.4. The van der Waals surface area contributed by atoms with Gasteiger partial charge in [-0.25, -0.2) is 0 Å². The van der Waals surface area contributed by atoms with Crippen LogP contribution >= 0.6 is 0 Å². The maximum absolute atomic E-state index is 12.1. The second kappa shape index (κ2) is 5.49. The van der Waals surface area contributed by atoms with Crippen molar-refractivity contribution in [2.75, 3.05) is 26.2 Å².